The molecule has 2 heterocycles. The van der Waals surface area contributed by atoms with E-state index < -0.39 is 34.0 Å². The van der Waals surface area contributed by atoms with E-state index in [9.17, 15) is 22.8 Å². The number of carbonyl (C=O) groups is 3. The predicted molar refractivity (Wildman–Crippen MR) is 104 cm³/mol. The van der Waals surface area contributed by atoms with Crippen LogP contribution in [0.3, 0.4) is 0 Å². The highest BCUT2D eigenvalue weighted by Gasteiger charge is 2.27. The zero-order valence-corrected chi connectivity index (χ0v) is 16.2. The van der Waals surface area contributed by atoms with Crippen molar-refractivity contribution >= 4 is 39.5 Å². The summed E-state index contributed by atoms with van der Waals surface area (Å²) in [6.45, 7) is 1.48. The summed E-state index contributed by atoms with van der Waals surface area (Å²) in [4.78, 5) is 37.7. The molecule has 0 saturated heterocycles. The number of urea groups is 1. The molecule has 1 aromatic carbocycles. The lowest BCUT2D eigenvalue weighted by Crippen LogP contribution is -2.42. The van der Waals surface area contributed by atoms with Gasteiger partial charge in [-0.1, -0.05) is 18.2 Å². The van der Waals surface area contributed by atoms with Gasteiger partial charge in [-0.05, 0) is 31.2 Å². The summed E-state index contributed by atoms with van der Waals surface area (Å²) in [6.07, 6.45) is 2.91. The van der Waals surface area contributed by atoms with Crippen LogP contribution in [0.5, 0.6) is 0 Å². The first-order valence-electron chi connectivity index (χ1n) is 8.60. The number of anilines is 1. The molecular weight excluding hydrogens is 400 g/mol. The Morgan fingerprint density at radius 3 is 2.62 bits per heavy atom. The standard InChI is InChI=1S/C18H18N4O6S/c1-12(16(23)20-18(25)19-14-5-3-2-4-6-14)28-17(24)13-7-8-15-21-29(26,27)10-9-22(15)11-13/h2-8,11-12H,9-10H2,1H3,(H2,19,20,23,25). The highest BCUT2D eigenvalue weighted by Crippen LogP contribution is 2.17. The number of rotatable bonds is 4. The van der Waals surface area contributed by atoms with Crippen molar-refractivity contribution in [2.45, 2.75) is 13.0 Å². The van der Waals surface area contributed by atoms with E-state index in [0.29, 0.717) is 5.69 Å². The average molecular weight is 418 g/mol. The number of hydrogen-bond donors (Lipinski definition) is 2. The Morgan fingerprint density at radius 2 is 1.90 bits per heavy atom. The Bertz CT molecular complexity index is 1030. The molecule has 0 spiro atoms. The van der Waals surface area contributed by atoms with Crippen LogP contribution in [-0.4, -0.2) is 55.5 Å². The molecule has 1 atom stereocenters. The Morgan fingerprint density at radius 1 is 1.17 bits per heavy atom. The molecule has 10 nitrogen and oxygen atoms in total. The number of benzene rings is 1. The lowest BCUT2D eigenvalue weighted by Gasteiger charge is -2.27. The molecule has 0 fully saturated rings. The van der Waals surface area contributed by atoms with Crippen LogP contribution in [0.4, 0.5) is 10.5 Å². The van der Waals surface area contributed by atoms with E-state index in [1.807, 2.05) is 0 Å². The van der Waals surface area contributed by atoms with Gasteiger partial charge >= 0.3 is 12.0 Å². The van der Waals surface area contributed by atoms with Crippen LogP contribution < -0.4 is 10.6 Å². The fraction of sp³-hybridized carbons (Fsp3) is 0.222. The Hall–Kier alpha value is -3.47. The van der Waals surface area contributed by atoms with E-state index >= 15 is 0 Å². The highest BCUT2D eigenvalue weighted by molar-refractivity contribution is 7.90. The number of fused-ring (bicyclic) bond motifs is 1. The molecule has 0 bridgehead atoms. The quantitative estimate of drug-likeness (QED) is 0.690. The van der Waals surface area contributed by atoms with Gasteiger partial charge in [0.15, 0.2) is 6.10 Å². The first-order valence-corrected chi connectivity index (χ1v) is 10.2. The maximum absolute atomic E-state index is 12.3. The highest BCUT2D eigenvalue weighted by atomic mass is 32.2. The van der Waals surface area contributed by atoms with Gasteiger partial charge in [0.2, 0.25) is 0 Å². The van der Waals surface area contributed by atoms with Gasteiger partial charge in [-0.15, -0.1) is 4.40 Å². The summed E-state index contributed by atoms with van der Waals surface area (Å²) in [5.74, 6) is -1.55. The van der Waals surface area contributed by atoms with Gasteiger partial charge in [0.05, 0.1) is 11.3 Å². The van der Waals surface area contributed by atoms with Gasteiger partial charge in [-0.25, -0.2) is 18.0 Å². The minimum Gasteiger partial charge on any atom is -0.449 e. The number of esters is 1. The van der Waals surface area contributed by atoms with E-state index in [-0.39, 0.29) is 23.7 Å². The topological polar surface area (TPSA) is 134 Å². The molecule has 1 aromatic rings. The molecule has 0 radical (unpaired) electrons. The number of amidine groups is 1. The van der Waals surface area contributed by atoms with E-state index in [4.69, 9.17) is 4.74 Å². The van der Waals surface area contributed by atoms with Gasteiger partial charge in [0.25, 0.3) is 15.9 Å². The normalized spacial score (nSPS) is 17.9. The zero-order valence-electron chi connectivity index (χ0n) is 15.4. The van der Waals surface area contributed by atoms with Crippen LogP contribution in [0.15, 0.2) is 58.7 Å². The maximum atomic E-state index is 12.3. The molecule has 11 heteroatoms. The van der Waals surface area contributed by atoms with Gasteiger partial charge in [0, 0.05) is 18.4 Å². The van der Waals surface area contributed by atoms with Crippen LogP contribution in [0.25, 0.3) is 0 Å². The molecule has 152 valence electrons. The number of nitrogens with one attached hydrogen (secondary N) is 2. The van der Waals surface area contributed by atoms with Crippen molar-refractivity contribution in [3.63, 3.8) is 0 Å². The van der Waals surface area contributed by atoms with Crippen molar-refractivity contribution in [3.8, 4) is 0 Å². The maximum Gasteiger partial charge on any atom is 0.340 e. The molecule has 3 rings (SSSR count). The summed E-state index contributed by atoms with van der Waals surface area (Å²) >= 11 is 0. The minimum atomic E-state index is -3.50. The molecule has 0 aliphatic carbocycles. The monoisotopic (exact) mass is 418 g/mol. The second-order valence-electron chi connectivity index (χ2n) is 6.20. The number of hydrogen-bond acceptors (Lipinski definition) is 7. The van der Waals surface area contributed by atoms with Gasteiger partial charge in [0.1, 0.15) is 5.84 Å². The SMILES string of the molecule is CC(OC(=O)C1=CN2CCS(=O)(=O)N=C2C=C1)C(=O)NC(=O)Nc1ccccc1. The second kappa shape index (κ2) is 8.27. The number of amides is 3. The van der Waals surface area contributed by atoms with Crippen LogP contribution in [-0.2, 0) is 24.3 Å². The molecule has 29 heavy (non-hydrogen) atoms. The summed E-state index contributed by atoms with van der Waals surface area (Å²) in [5, 5.41) is 4.57. The van der Waals surface area contributed by atoms with E-state index in [1.54, 1.807) is 30.3 Å². The first-order chi connectivity index (χ1) is 13.7. The van der Waals surface area contributed by atoms with Crippen molar-refractivity contribution in [3.05, 3.63) is 54.3 Å². The van der Waals surface area contributed by atoms with Gasteiger partial charge in [-0.2, -0.15) is 0 Å². The summed E-state index contributed by atoms with van der Waals surface area (Å²) in [7, 11) is -3.50. The fourth-order valence-corrected chi connectivity index (χ4v) is 3.47. The van der Waals surface area contributed by atoms with Crippen LogP contribution in [0.2, 0.25) is 0 Å². The molecule has 0 saturated carbocycles. The van der Waals surface area contributed by atoms with E-state index in [1.165, 1.54) is 30.2 Å². The Balaban J connectivity index is 1.55. The summed E-state index contributed by atoms with van der Waals surface area (Å²) in [5.41, 5.74) is 0.623. The second-order valence-corrected chi connectivity index (χ2v) is 7.96. The number of para-hydroxylation sites is 1. The van der Waals surface area contributed by atoms with E-state index in [0.717, 1.165) is 0 Å². The molecule has 3 amide bonds. The number of imide groups is 1. The number of nitrogens with zero attached hydrogens (tertiary/aromatic N) is 2. The Labute approximate surface area is 167 Å². The van der Waals surface area contributed by atoms with Crippen molar-refractivity contribution in [1.29, 1.82) is 0 Å². The Kier molecular flexibility index (Phi) is 5.78. The summed E-state index contributed by atoms with van der Waals surface area (Å²) in [6, 6.07) is 7.78. The first kappa shape index (κ1) is 20.3. The van der Waals surface area contributed by atoms with E-state index in [2.05, 4.69) is 15.0 Å². The molecule has 2 N–H and O–H groups in total. The number of ether oxygens (including phenoxy) is 1. The van der Waals surface area contributed by atoms with Crippen molar-refractivity contribution in [2.24, 2.45) is 4.40 Å². The smallest absolute Gasteiger partial charge is 0.340 e. The lowest BCUT2D eigenvalue weighted by molar-refractivity contribution is -0.150. The molecule has 2 aliphatic heterocycles. The van der Waals surface area contributed by atoms with Crippen LogP contribution in [0, 0.1) is 0 Å². The van der Waals surface area contributed by atoms with Gasteiger partial charge < -0.3 is 15.0 Å². The third kappa shape index (κ3) is 5.29. The lowest BCUT2D eigenvalue weighted by atomic mass is 10.2. The van der Waals surface area contributed by atoms with Gasteiger partial charge in [-0.3, -0.25) is 10.1 Å². The van der Waals surface area contributed by atoms with Crippen LogP contribution >= 0.6 is 0 Å². The number of sulfonamides is 1. The minimum absolute atomic E-state index is 0.122. The summed E-state index contributed by atoms with van der Waals surface area (Å²) < 4.78 is 31.7. The molecule has 2 aliphatic rings. The fourth-order valence-electron chi connectivity index (χ4n) is 2.50. The average Bonchev–Trinajstić information content (AvgIpc) is 2.67. The predicted octanol–water partition coefficient (Wildman–Crippen LogP) is 0.764. The van der Waals surface area contributed by atoms with Crippen molar-refractivity contribution in [2.75, 3.05) is 17.6 Å². The van der Waals surface area contributed by atoms with Crippen LogP contribution in [0.1, 0.15) is 6.92 Å². The zero-order chi connectivity index (χ0) is 21.0. The molecule has 0 aromatic heterocycles. The number of carbonyl (C=O) groups excluding carboxylic acids is 3. The molecule has 1 unspecified atom stereocenters. The third-order valence-corrected chi connectivity index (χ3v) is 5.14. The van der Waals surface area contributed by atoms with Crippen molar-refractivity contribution < 1.29 is 27.5 Å². The van der Waals surface area contributed by atoms with Crippen molar-refractivity contribution in [1.82, 2.24) is 10.2 Å². The largest absolute Gasteiger partial charge is 0.449 e. The third-order valence-electron chi connectivity index (χ3n) is 3.98. The molecular formula is C18H18N4O6S.